The number of imidazole rings is 1. The quantitative estimate of drug-likeness (QED) is 0.539. The summed E-state index contributed by atoms with van der Waals surface area (Å²) in [6, 6.07) is 15.0. The number of hydrogen-bond donors (Lipinski definition) is 0. The van der Waals surface area contributed by atoms with Crippen LogP contribution in [0.25, 0.3) is 22.5 Å². The van der Waals surface area contributed by atoms with Crippen molar-refractivity contribution in [3.05, 3.63) is 54.2 Å². The summed E-state index contributed by atoms with van der Waals surface area (Å²) in [4.78, 5) is 4.32. The third kappa shape index (κ3) is 2.95. The molecule has 0 N–H and O–H groups in total. The first kappa shape index (κ1) is 16.6. The van der Waals surface area contributed by atoms with Crippen LogP contribution < -0.4 is 9.47 Å². The fraction of sp³-hybridized carbons (Fsp3) is 0.158. The van der Waals surface area contributed by atoms with Gasteiger partial charge in [-0.15, -0.1) is 10.2 Å². The second-order valence-corrected chi connectivity index (χ2v) is 5.69. The molecule has 2 aromatic heterocycles. The van der Waals surface area contributed by atoms with Gasteiger partial charge in [0.15, 0.2) is 11.5 Å². The number of para-hydroxylation sites is 2. The first-order valence-corrected chi connectivity index (χ1v) is 8.13. The van der Waals surface area contributed by atoms with E-state index in [9.17, 15) is 5.26 Å². The van der Waals surface area contributed by atoms with Gasteiger partial charge < -0.3 is 18.5 Å². The summed E-state index contributed by atoms with van der Waals surface area (Å²) < 4.78 is 18.1. The normalized spacial score (nSPS) is 10.7. The van der Waals surface area contributed by atoms with E-state index in [1.165, 1.54) is 0 Å². The van der Waals surface area contributed by atoms with Crippen molar-refractivity contribution in [3.63, 3.8) is 0 Å². The minimum atomic E-state index is 0.254. The van der Waals surface area contributed by atoms with E-state index in [0.29, 0.717) is 34.7 Å². The maximum Gasteiger partial charge on any atom is 0.247 e. The molecule has 0 atom stereocenters. The SMILES string of the molecule is COc1ccc(-c2nnc(Cn3c(C#N)nc4ccccc43)o2)cc1OC. The lowest BCUT2D eigenvalue weighted by molar-refractivity contribution is 0.355. The number of fused-ring (bicyclic) bond motifs is 1. The predicted molar refractivity (Wildman–Crippen MR) is 96.4 cm³/mol. The van der Waals surface area contributed by atoms with Gasteiger partial charge in [-0.05, 0) is 30.3 Å². The summed E-state index contributed by atoms with van der Waals surface area (Å²) in [7, 11) is 3.14. The van der Waals surface area contributed by atoms with E-state index in [-0.39, 0.29) is 6.54 Å². The molecule has 8 nitrogen and oxygen atoms in total. The lowest BCUT2D eigenvalue weighted by Crippen LogP contribution is -2.02. The van der Waals surface area contributed by atoms with Crippen molar-refractivity contribution in [2.75, 3.05) is 14.2 Å². The van der Waals surface area contributed by atoms with Crippen LogP contribution in [-0.2, 0) is 6.54 Å². The lowest BCUT2D eigenvalue weighted by atomic mass is 10.2. The van der Waals surface area contributed by atoms with E-state index >= 15 is 0 Å². The van der Waals surface area contributed by atoms with Gasteiger partial charge in [-0.2, -0.15) is 5.26 Å². The van der Waals surface area contributed by atoms with Crippen LogP contribution in [0.5, 0.6) is 11.5 Å². The Morgan fingerprint density at radius 1 is 1.07 bits per heavy atom. The molecule has 0 unspecified atom stereocenters. The number of hydrogen-bond acceptors (Lipinski definition) is 7. The van der Waals surface area contributed by atoms with Gasteiger partial charge >= 0.3 is 0 Å². The van der Waals surface area contributed by atoms with Crippen LogP contribution >= 0.6 is 0 Å². The molecule has 0 saturated carbocycles. The molecule has 0 bridgehead atoms. The highest BCUT2D eigenvalue weighted by Crippen LogP contribution is 2.31. The third-order valence-electron chi connectivity index (χ3n) is 4.15. The number of rotatable bonds is 5. The molecule has 0 spiro atoms. The smallest absolute Gasteiger partial charge is 0.247 e. The second-order valence-electron chi connectivity index (χ2n) is 5.69. The van der Waals surface area contributed by atoms with Crippen LogP contribution in [0.4, 0.5) is 0 Å². The zero-order valence-corrected chi connectivity index (χ0v) is 14.7. The third-order valence-corrected chi connectivity index (χ3v) is 4.15. The highest BCUT2D eigenvalue weighted by atomic mass is 16.5. The fourth-order valence-electron chi connectivity index (χ4n) is 2.86. The summed E-state index contributed by atoms with van der Waals surface area (Å²) in [5, 5.41) is 17.6. The molecule has 4 aromatic rings. The Bertz CT molecular complexity index is 1160. The molecule has 0 fully saturated rings. The Hall–Kier alpha value is -3.86. The van der Waals surface area contributed by atoms with Crippen LogP contribution in [0.1, 0.15) is 11.7 Å². The van der Waals surface area contributed by atoms with Crippen LogP contribution in [0, 0.1) is 11.3 Å². The van der Waals surface area contributed by atoms with Crippen molar-refractivity contribution >= 4 is 11.0 Å². The standard InChI is InChI=1S/C19H15N5O3/c1-25-15-8-7-12(9-16(15)26-2)19-23-22-18(27-19)11-24-14-6-4-3-5-13(14)21-17(24)10-20/h3-9H,11H2,1-2H3. The van der Waals surface area contributed by atoms with Crippen molar-refractivity contribution < 1.29 is 13.9 Å². The topological polar surface area (TPSA) is 99.0 Å². The minimum absolute atomic E-state index is 0.254. The molecule has 0 saturated heterocycles. The van der Waals surface area contributed by atoms with Crippen LogP contribution in [0.3, 0.4) is 0 Å². The molecule has 2 heterocycles. The molecule has 0 aliphatic rings. The molecule has 0 aliphatic carbocycles. The van der Waals surface area contributed by atoms with Gasteiger partial charge in [-0.25, -0.2) is 4.98 Å². The van der Waals surface area contributed by atoms with Crippen LogP contribution in [0.2, 0.25) is 0 Å². The Morgan fingerprint density at radius 3 is 2.67 bits per heavy atom. The van der Waals surface area contributed by atoms with Crippen molar-refractivity contribution in [2.24, 2.45) is 0 Å². The summed E-state index contributed by atoms with van der Waals surface area (Å²) in [5.41, 5.74) is 2.29. The van der Waals surface area contributed by atoms with E-state index in [4.69, 9.17) is 13.9 Å². The van der Waals surface area contributed by atoms with Gasteiger partial charge in [0.25, 0.3) is 0 Å². The number of ether oxygens (including phenoxy) is 2. The molecule has 0 amide bonds. The van der Waals surface area contributed by atoms with Gasteiger partial charge in [0.05, 0.1) is 25.3 Å². The van der Waals surface area contributed by atoms with E-state index in [0.717, 1.165) is 11.0 Å². The Balaban J connectivity index is 1.68. The number of nitrogens with zero attached hydrogens (tertiary/aromatic N) is 5. The first-order valence-electron chi connectivity index (χ1n) is 8.13. The van der Waals surface area contributed by atoms with E-state index < -0.39 is 0 Å². The highest BCUT2D eigenvalue weighted by Gasteiger charge is 2.16. The number of aromatic nitrogens is 4. The molecule has 2 aromatic carbocycles. The van der Waals surface area contributed by atoms with Crippen molar-refractivity contribution in [1.82, 2.24) is 19.7 Å². The second kappa shape index (κ2) is 6.80. The van der Waals surface area contributed by atoms with Crippen LogP contribution in [0.15, 0.2) is 46.9 Å². The van der Waals surface area contributed by atoms with Gasteiger partial charge in [0.1, 0.15) is 12.6 Å². The monoisotopic (exact) mass is 361 g/mol. The Labute approximate surface area is 154 Å². The lowest BCUT2D eigenvalue weighted by Gasteiger charge is -2.07. The highest BCUT2D eigenvalue weighted by molar-refractivity contribution is 5.76. The van der Waals surface area contributed by atoms with Crippen LogP contribution in [-0.4, -0.2) is 34.0 Å². The summed E-state index contributed by atoms with van der Waals surface area (Å²) >= 11 is 0. The van der Waals surface area contributed by atoms with Gasteiger partial charge in [0.2, 0.25) is 17.6 Å². The fourth-order valence-corrected chi connectivity index (χ4v) is 2.86. The zero-order valence-electron chi connectivity index (χ0n) is 14.7. The average Bonchev–Trinajstić information content (AvgIpc) is 3.32. The Morgan fingerprint density at radius 2 is 1.89 bits per heavy atom. The van der Waals surface area contributed by atoms with Gasteiger partial charge in [-0.3, -0.25) is 0 Å². The molecular weight excluding hydrogens is 346 g/mol. The molecule has 134 valence electrons. The van der Waals surface area contributed by atoms with E-state index in [2.05, 4.69) is 21.3 Å². The molecule has 8 heteroatoms. The Kier molecular flexibility index (Phi) is 4.18. The minimum Gasteiger partial charge on any atom is -0.493 e. The molecular formula is C19H15N5O3. The predicted octanol–water partition coefficient (Wildman–Crippen LogP) is 3.02. The van der Waals surface area contributed by atoms with E-state index in [1.54, 1.807) is 30.9 Å². The number of methoxy groups -OCH3 is 2. The largest absolute Gasteiger partial charge is 0.493 e. The maximum absolute atomic E-state index is 9.36. The van der Waals surface area contributed by atoms with Gasteiger partial charge in [-0.1, -0.05) is 12.1 Å². The number of nitriles is 1. The zero-order chi connectivity index (χ0) is 18.8. The van der Waals surface area contributed by atoms with Crippen molar-refractivity contribution in [2.45, 2.75) is 6.54 Å². The first-order chi connectivity index (χ1) is 13.2. The molecule has 0 radical (unpaired) electrons. The summed E-state index contributed by atoms with van der Waals surface area (Å²) in [5.74, 6) is 2.21. The van der Waals surface area contributed by atoms with Gasteiger partial charge in [0, 0.05) is 5.56 Å². The molecule has 4 rings (SSSR count). The summed E-state index contributed by atoms with van der Waals surface area (Å²) in [6.07, 6.45) is 0. The van der Waals surface area contributed by atoms with E-state index in [1.807, 2.05) is 30.3 Å². The molecule has 27 heavy (non-hydrogen) atoms. The molecule has 0 aliphatic heterocycles. The summed E-state index contributed by atoms with van der Waals surface area (Å²) in [6.45, 7) is 0.254. The average molecular weight is 361 g/mol. The number of benzene rings is 2. The van der Waals surface area contributed by atoms with Crippen molar-refractivity contribution in [1.29, 1.82) is 5.26 Å². The maximum atomic E-state index is 9.36. The van der Waals surface area contributed by atoms with Crippen molar-refractivity contribution in [3.8, 4) is 29.0 Å².